The normalized spacial score (nSPS) is 10.2. The van der Waals surface area contributed by atoms with E-state index in [0.29, 0.717) is 5.56 Å². The van der Waals surface area contributed by atoms with Crippen molar-refractivity contribution >= 4 is 27.5 Å². The highest BCUT2D eigenvalue weighted by molar-refractivity contribution is 9.10. The number of anilines is 1. The molecule has 0 aromatic heterocycles. The Balaban J connectivity index is 2.22. The molecule has 92 valence electrons. The highest BCUT2D eigenvalue weighted by Crippen LogP contribution is 2.21. The van der Waals surface area contributed by atoms with Crippen LogP contribution in [0.2, 0.25) is 0 Å². The SMILES string of the molecule is Cc1ccc(NC(=O)c2ccccc2C)cc1Br. The van der Waals surface area contributed by atoms with Gasteiger partial charge in [-0.15, -0.1) is 0 Å². The zero-order chi connectivity index (χ0) is 13.1. The Morgan fingerprint density at radius 2 is 1.78 bits per heavy atom. The van der Waals surface area contributed by atoms with Gasteiger partial charge < -0.3 is 5.32 Å². The fourth-order valence-corrected chi connectivity index (χ4v) is 2.08. The zero-order valence-electron chi connectivity index (χ0n) is 10.3. The molecule has 2 rings (SSSR count). The first-order valence-corrected chi connectivity index (χ1v) is 6.50. The number of hydrogen-bond donors (Lipinski definition) is 1. The molecule has 18 heavy (non-hydrogen) atoms. The van der Waals surface area contributed by atoms with E-state index in [9.17, 15) is 4.79 Å². The van der Waals surface area contributed by atoms with E-state index >= 15 is 0 Å². The smallest absolute Gasteiger partial charge is 0.255 e. The third-order valence-corrected chi connectivity index (χ3v) is 3.67. The van der Waals surface area contributed by atoms with Crippen LogP contribution in [-0.2, 0) is 0 Å². The van der Waals surface area contributed by atoms with Gasteiger partial charge in [0, 0.05) is 15.7 Å². The van der Waals surface area contributed by atoms with Gasteiger partial charge in [0.05, 0.1) is 0 Å². The van der Waals surface area contributed by atoms with Crippen molar-refractivity contribution in [3.63, 3.8) is 0 Å². The van der Waals surface area contributed by atoms with Crippen molar-refractivity contribution in [1.29, 1.82) is 0 Å². The predicted molar refractivity (Wildman–Crippen MR) is 78.0 cm³/mol. The highest BCUT2D eigenvalue weighted by atomic mass is 79.9. The average Bonchev–Trinajstić information content (AvgIpc) is 2.34. The summed E-state index contributed by atoms with van der Waals surface area (Å²) in [4.78, 5) is 12.1. The number of aryl methyl sites for hydroxylation is 2. The first kappa shape index (κ1) is 12.8. The van der Waals surface area contributed by atoms with Gasteiger partial charge in [0.15, 0.2) is 0 Å². The molecule has 2 aromatic rings. The van der Waals surface area contributed by atoms with Crippen molar-refractivity contribution in [3.8, 4) is 0 Å². The lowest BCUT2D eigenvalue weighted by molar-refractivity contribution is 0.102. The van der Waals surface area contributed by atoms with Gasteiger partial charge in [-0.25, -0.2) is 0 Å². The number of rotatable bonds is 2. The molecule has 0 atom stereocenters. The maximum absolute atomic E-state index is 12.1. The van der Waals surface area contributed by atoms with E-state index in [1.54, 1.807) is 0 Å². The fourth-order valence-electron chi connectivity index (χ4n) is 1.70. The largest absolute Gasteiger partial charge is 0.322 e. The lowest BCUT2D eigenvalue weighted by Gasteiger charge is -2.08. The number of benzene rings is 2. The molecular weight excluding hydrogens is 290 g/mol. The van der Waals surface area contributed by atoms with E-state index in [-0.39, 0.29) is 5.91 Å². The third-order valence-electron chi connectivity index (χ3n) is 2.82. The van der Waals surface area contributed by atoms with Crippen LogP contribution >= 0.6 is 15.9 Å². The van der Waals surface area contributed by atoms with Crippen molar-refractivity contribution in [3.05, 3.63) is 63.6 Å². The monoisotopic (exact) mass is 303 g/mol. The maximum Gasteiger partial charge on any atom is 0.255 e. The van der Waals surface area contributed by atoms with Gasteiger partial charge >= 0.3 is 0 Å². The van der Waals surface area contributed by atoms with Crippen LogP contribution in [0.25, 0.3) is 0 Å². The molecule has 0 unspecified atom stereocenters. The van der Waals surface area contributed by atoms with Crippen LogP contribution in [0, 0.1) is 13.8 Å². The van der Waals surface area contributed by atoms with Gasteiger partial charge in [-0.1, -0.05) is 40.2 Å². The summed E-state index contributed by atoms with van der Waals surface area (Å²) in [5.41, 5.74) is 3.61. The summed E-state index contributed by atoms with van der Waals surface area (Å²) in [6.45, 7) is 3.94. The van der Waals surface area contributed by atoms with E-state index in [0.717, 1.165) is 21.3 Å². The van der Waals surface area contributed by atoms with E-state index in [1.807, 2.05) is 56.3 Å². The van der Waals surface area contributed by atoms with Gasteiger partial charge in [0.25, 0.3) is 5.91 Å². The van der Waals surface area contributed by atoms with Gasteiger partial charge in [0.1, 0.15) is 0 Å². The Labute approximate surface area is 115 Å². The first-order valence-electron chi connectivity index (χ1n) is 5.71. The van der Waals surface area contributed by atoms with Gasteiger partial charge in [0.2, 0.25) is 0 Å². The predicted octanol–water partition coefficient (Wildman–Crippen LogP) is 4.32. The molecule has 1 amide bonds. The molecule has 0 spiro atoms. The van der Waals surface area contributed by atoms with Crippen LogP contribution in [-0.4, -0.2) is 5.91 Å². The molecule has 0 aliphatic carbocycles. The second kappa shape index (κ2) is 5.36. The number of hydrogen-bond acceptors (Lipinski definition) is 1. The van der Waals surface area contributed by atoms with Crippen molar-refractivity contribution in [2.45, 2.75) is 13.8 Å². The molecule has 0 heterocycles. The summed E-state index contributed by atoms with van der Waals surface area (Å²) < 4.78 is 0.991. The molecule has 3 heteroatoms. The van der Waals surface area contributed by atoms with E-state index in [1.165, 1.54) is 0 Å². The number of nitrogens with one attached hydrogen (secondary N) is 1. The highest BCUT2D eigenvalue weighted by Gasteiger charge is 2.08. The van der Waals surface area contributed by atoms with E-state index < -0.39 is 0 Å². The minimum Gasteiger partial charge on any atom is -0.322 e. The standard InChI is InChI=1S/C15H14BrNO/c1-10-5-3-4-6-13(10)15(18)17-12-8-7-11(2)14(16)9-12/h3-9H,1-2H3,(H,17,18). The molecule has 1 N–H and O–H groups in total. The number of carbonyl (C=O) groups is 1. The zero-order valence-corrected chi connectivity index (χ0v) is 11.9. The number of amides is 1. The Hall–Kier alpha value is -1.61. The Morgan fingerprint density at radius 3 is 2.44 bits per heavy atom. The lowest BCUT2D eigenvalue weighted by Crippen LogP contribution is -2.13. The Morgan fingerprint density at radius 1 is 1.06 bits per heavy atom. The summed E-state index contributed by atoms with van der Waals surface area (Å²) in [7, 11) is 0. The molecule has 0 aliphatic rings. The third kappa shape index (κ3) is 2.79. The molecule has 0 bridgehead atoms. The van der Waals surface area contributed by atoms with Crippen molar-refractivity contribution in [2.75, 3.05) is 5.32 Å². The molecule has 0 saturated heterocycles. The minimum atomic E-state index is -0.0798. The van der Waals surface area contributed by atoms with Crippen LogP contribution in [0.1, 0.15) is 21.5 Å². The maximum atomic E-state index is 12.1. The van der Waals surface area contributed by atoms with Crippen LogP contribution in [0.4, 0.5) is 5.69 Å². The van der Waals surface area contributed by atoms with Crippen molar-refractivity contribution in [1.82, 2.24) is 0 Å². The fraction of sp³-hybridized carbons (Fsp3) is 0.133. The summed E-state index contributed by atoms with van der Waals surface area (Å²) in [5, 5.41) is 2.90. The topological polar surface area (TPSA) is 29.1 Å². The van der Waals surface area contributed by atoms with Gasteiger partial charge in [-0.05, 0) is 43.2 Å². The van der Waals surface area contributed by atoms with Crippen molar-refractivity contribution < 1.29 is 4.79 Å². The molecule has 0 saturated carbocycles. The quantitative estimate of drug-likeness (QED) is 0.879. The summed E-state index contributed by atoms with van der Waals surface area (Å²) >= 11 is 3.46. The van der Waals surface area contributed by atoms with Crippen LogP contribution in [0.5, 0.6) is 0 Å². The molecule has 0 aliphatic heterocycles. The lowest BCUT2D eigenvalue weighted by atomic mass is 10.1. The van der Waals surface area contributed by atoms with E-state index in [2.05, 4.69) is 21.2 Å². The Bertz CT molecular complexity index is 593. The first-order chi connectivity index (χ1) is 8.58. The second-order valence-electron chi connectivity index (χ2n) is 4.23. The van der Waals surface area contributed by atoms with E-state index in [4.69, 9.17) is 0 Å². The summed E-state index contributed by atoms with van der Waals surface area (Å²) in [5.74, 6) is -0.0798. The van der Waals surface area contributed by atoms with Crippen LogP contribution in [0.15, 0.2) is 46.9 Å². The number of halogens is 1. The molecule has 0 fully saturated rings. The summed E-state index contributed by atoms with van der Waals surface area (Å²) in [6, 6.07) is 13.3. The second-order valence-corrected chi connectivity index (χ2v) is 5.09. The van der Waals surface area contributed by atoms with Gasteiger partial charge in [-0.3, -0.25) is 4.79 Å². The van der Waals surface area contributed by atoms with Crippen LogP contribution < -0.4 is 5.32 Å². The summed E-state index contributed by atoms with van der Waals surface area (Å²) in [6.07, 6.45) is 0. The minimum absolute atomic E-state index is 0.0798. The van der Waals surface area contributed by atoms with Crippen LogP contribution in [0.3, 0.4) is 0 Å². The molecule has 2 nitrogen and oxygen atoms in total. The average molecular weight is 304 g/mol. The number of carbonyl (C=O) groups excluding carboxylic acids is 1. The van der Waals surface area contributed by atoms with Gasteiger partial charge in [-0.2, -0.15) is 0 Å². The molecular formula is C15H14BrNO. The van der Waals surface area contributed by atoms with Crippen molar-refractivity contribution in [2.24, 2.45) is 0 Å². The molecule has 2 aromatic carbocycles. The Kier molecular flexibility index (Phi) is 3.82. The molecule has 0 radical (unpaired) electrons.